The van der Waals surface area contributed by atoms with Crippen LogP contribution in [0.2, 0.25) is 5.02 Å². The van der Waals surface area contributed by atoms with Gasteiger partial charge in [-0.25, -0.2) is 4.68 Å². The number of aromatic nitrogens is 2. The highest BCUT2D eigenvalue weighted by Gasteiger charge is 2.28. The van der Waals surface area contributed by atoms with Crippen LogP contribution in [0.5, 0.6) is 0 Å². The monoisotopic (exact) mass is 385 g/mol. The number of hydrogen-bond acceptors (Lipinski definition) is 3. The molecular weight excluding hydrogens is 370 g/mol. The maximum Gasteiger partial charge on any atom is 0.257 e. The summed E-state index contributed by atoms with van der Waals surface area (Å²) in [5, 5.41) is 8.12. The average molecular weight is 386 g/mol. The van der Waals surface area contributed by atoms with Crippen molar-refractivity contribution >= 4 is 34.1 Å². The Morgan fingerprint density at radius 2 is 2.00 bits per heavy atom. The number of benzene rings is 2. The summed E-state index contributed by atoms with van der Waals surface area (Å²) in [5.74, 6) is 1.13. The van der Waals surface area contributed by atoms with Gasteiger partial charge in [0.2, 0.25) is 0 Å². The van der Waals surface area contributed by atoms with E-state index < -0.39 is 10.8 Å². The summed E-state index contributed by atoms with van der Waals surface area (Å²) >= 11 is 6.11. The molecule has 3 aromatic rings. The Morgan fingerprint density at radius 1 is 1.19 bits per heavy atom. The Labute approximate surface area is 158 Å². The van der Waals surface area contributed by atoms with Crippen LogP contribution in [0.4, 0.5) is 5.82 Å². The molecule has 1 atom stereocenters. The lowest BCUT2D eigenvalue weighted by atomic mass is 10.1. The predicted molar refractivity (Wildman–Crippen MR) is 103 cm³/mol. The second-order valence-electron chi connectivity index (χ2n) is 6.16. The first-order valence-electron chi connectivity index (χ1n) is 8.11. The number of amides is 1. The molecule has 0 unspecified atom stereocenters. The summed E-state index contributed by atoms with van der Waals surface area (Å²) in [6, 6.07) is 14.7. The van der Waals surface area contributed by atoms with Crippen molar-refractivity contribution < 1.29 is 9.00 Å². The van der Waals surface area contributed by atoms with E-state index in [0.717, 1.165) is 22.5 Å². The lowest BCUT2D eigenvalue weighted by Crippen LogP contribution is -2.17. The Balaban J connectivity index is 1.78. The van der Waals surface area contributed by atoms with Gasteiger partial charge in [0.1, 0.15) is 5.82 Å². The van der Waals surface area contributed by atoms with Gasteiger partial charge in [-0.1, -0.05) is 35.9 Å². The number of nitrogens with zero attached hydrogens (tertiary/aromatic N) is 2. The van der Waals surface area contributed by atoms with Crippen LogP contribution in [0, 0.1) is 6.92 Å². The summed E-state index contributed by atoms with van der Waals surface area (Å²) in [7, 11) is -0.984. The van der Waals surface area contributed by atoms with Crippen LogP contribution < -0.4 is 5.32 Å². The molecule has 0 bridgehead atoms. The van der Waals surface area contributed by atoms with Crippen LogP contribution >= 0.6 is 11.6 Å². The third-order valence-corrected chi connectivity index (χ3v) is 5.79. The molecule has 26 heavy (non-hydrogen) atoms. The molecule has 1 aromatic heterocycles. The van der Waals surface area contributed by atoms with Crippen LogP contribution in [-0.2, 0) is 22.3 Å². The molecule has 0 radical (unpaired) electrons. The largest absolute Gasteiger partial charge is 0.306 e. The second kappa shape index (κ2) is 6.70. The van der Waals surface area contributed by atoms with Gasteiger partial charge in [0.05, 0.1) is 22.9 Å². The molecule has 2 aromatic carbocycles. The molecule has 0 spiro atoms. The fraction of sp³-hybridized carbons (Fsp3) is 0.158. The fourth-order valence-electron chi connectivity index (χ4n) is 3.05. The minimum Gasteiger partial charge on any atom is -0.306 e. The Bertz CT molecular complexity index is 1050. The molecule has 1 aliphatic rings. The molecular formula is C19H16ClN3O2S. The number of nitrogens with one attached hydrogen (secondary N) is 1. The molecule has 0 fully saturated rings. The fourth-order valence-corrected chi connectivity index (χ4v) is 4.50. The lowest BCUT2D eigenvalue weighted by Gasteiger charge is -2.12. The summed E-state index contributed by atoms with van der Waals surface area (Å²) in [4.78, 5) is 12.8. The molecule has 7 heteroatoms. The normalized spacial score (nSPS) is 15.7. The van der Waals surface area contributed by atoms with Crippen molar-refractivity contribution in [3.8, 4) is 5.69 Å². The Kier molecular flexibility index (Phi) is 4.38. The minimum absolute atomic E-state index is 0.216. The smallest absolute Gasteiger partial charge is 0.257 e. The molecule has 1 aliphatic heterocycles. The molecule has 4 rings (SSSR count). The second-order valence-corrected chi connectivity index (χ2v) is 8.06. The third kappa shape index (κ3) is 3.06. The maximum absolute atomic E-state index is 12.8. The van der Waals surface area contributed by atoms with Gasteiger partial charge in [-0.3, -0.25) is 9.00 Å². The molecule has 0 aliphatic carbocycles. The maximum atomic E-state index is 12.8. The van der Waals surface area contributed by atoms with Crippen molar-refractivity contribution in [3.63, 3.8) is 0 Å². The zero-order chi connectivity index (χ0) is 18.3. The van der Waals surface area contributed by atoms with E-state index in [9.17, 15) is 9.00 Å². The van der Waals surface area contributed by atoms with Crippen LogP contribution in [-0.4, -0.2) is 19.9 Å². The predicted octanol–water partition coefficient (Wildman–Crippen LogP) is 3.85. The molecule has 1 N–H and O–H groups in total. The number of aryl methyl sites for hydroxylation is 1. The van der Waals surface area contributed by atoms with Crippen LogP contribution in [0.3, 0.4) is 0 Å². The number of hydrogen-bond donors (Lipinski definition) is 1. The lowest BCUT2D eigenvalue weighted by molar-refractivity contribution is 0.102. The SMILES string of the molecule is Cc1ccccc1C(=O)Nc1c2c(nn1-c1cccc(Cl)c1)C[S@](=O)C2. The van der Waals surface area contributed by atoms with E-state index in [1.54, 1.807) is 22.9 Å². The van der Waals surface area contributed by atoms with Crippen molar-refractivity contribution in [3.05, 3.63) is 75.9 Å². The van der Waals surface area contributed by atoms with Crippen molar-refractivity contribution in [1.29, 1.82) is 0 Å². The summed E-state index contributed by atoms with van der Waals surface area (Å²) in [5.41, 5.74) is 3.81. The van der Waals surface area contributed by atoms with Gasteiger partial charge in [0.15, 0.2) is 0 Å². The number of anilines is 1. The van der Waals surface area contributed by atoms with Crippen molar-refractivity contribution in [2.75, 3.05) is 5.32 Å². The topological polar surface area (TPSA) is 64.0 Å². The summed E-state index contributed by atoms with van der Waals surface area (Å²) < 4.78 is 13.6. The van der Waals surface area contributed by atoms with Gasteiger partial charge in [-0.05, 0) is 36.8 Å². The van der Waals surface area contributed by atoms with Crippen LogP contribution in [0.25, 0.3) is 5.69 Å². The van der Waals surface area contributed by atoms with E-state index >= 15 is 0 Å². The van der Waals surface area contributed by atoms with Crippen LogP contribution in [0.15, 0.2) is 48.5 Å². The zero-order valence-electron chi connectivity index (χ0n) is 14.0. The molecule has 0 saturated heterocycles. The average Bonchev–Trinajstić information content (AvgIpc) is 3.12. The number of rotatable bonds is 3. The molecule has 2 heterocycles. The quantitative estimate of drug-likeness (QED) is 0.744. The Hall–Kier alpha value is -2.44. The van der Waals surface area contributed by atoms with Crippen molar-refractivity contribution in [1.82, 2.24) is 9.78 Å². The van der Waals surface area contributed by atoms with Gasteiger partial charge >= 0.3 is 0 Å². The first kappa shape index (κ1) is 17.0. The van der Waals surface area contributed by atoms with E-state index in [1.165, 1.54) is 0 Å². The summed E-state index contributed by atoms with van der Waals surface area (Å²) in [6.07, 6.45) is 0. The van der Waals surface area contributed by atoms with E-state index in [-0.39, 0.29) is 5.91 Å². The standard InChI is InChI=1S/C19H16ClN3O2S/c1-12-5-2-3-8-15(12)19(24)21-18-16-10-26(25)11-17(16)22-23(18)14-7-4-6-13(20)9-14/h2-9H,10-11H2,1H3,(H,21,24)/t26-/m1/s1. The molecule has 1 amide bonds. The number of carbonyl (C=O) groups is 1. The van der Waals surface area contributed by atoms with Crippen molar-refractivity contribution in [2.45, 2.75) is 18.4 Å². The van der Waals surface area contributed by atoms with Gasteiger partial charge < -0.3 is 5.32 Å². The molecule has 5 nitrogen and oxygen atoms in total. The highest BCUT2D eigenvalue weighted by molar-refractivity contribution is 7.83. The highest BCUT2D eigenvalue weighted by atomic mass is 35.5. The molecule has 132 valence electrons. The van der Waals surface area contributed by atoms with Gasteiger partial charge in [-0.2, -0.15) is 5.10 Å². The minimum atomic E-state index is -0.984. The third-order valence-electron chi connectivity index (χ3n) is 4.34. The first-order chi connectivity index (χ1) is 12.5. The van der Waals surface area contributed by atoms with Gasteiger partial charge in [0.25, 0.3) is 5.91 Å². The number of fused-ring (bicyclic) bond motifs is 1. The van der Waals surface area contributed by atoms with E-state index in [4.69, 9.17) is 11.6 Å². The summed E-state index contributed by atoms with van der Waals surface area (Å²) in [6.45, 7) is 1.89. The number of halogens is 1. The highest BCUT2D eigenvalue weighted by Crippen LogP contribution is 2.32. The van der Waals surface area contributed by atoms with Gasteiger partial charge in [0, 0.05) is 26.9 Å². The zero-order valence-corrected chi connectivity index (χ0v) is 15.6. The Morgan fingerprint density at radius 3 is 2.77 bits per heavy atom. The van der Waals surface area contributed by atoms with Crippen LogP contribution in [0.1, 0.15) is 27.2 Å². The molecule has 0 saturated carbocycles. The van der Waals surface area contributed by atoms with Gasteiger partial charge in [-0.15, -0.1) is 0 Å². The van der Waals surface area contributed by atoms with E-state index in [1.807, 2.05) is 37.3 Å². The van der Waals surface area contributed by atoms with E-state index in [0.29, 0.717) is 27.9 Å². The first-order valence-corrected chi connectivity index (χ1v) is 9.98. The number of carbonyl (C=O) groups excluding carboxylic acids is 1. The van der Waals surface area contributed by atoms with E-state index in [2.05, 4.69) is 10.4 Å². The van der Waals surface area contributed by atoms with Crippen molar-refractivity contribution in [2.24, 2.45) is 0 Å².